The number of halogens is 2. The number of aryl methyl sites for hydroxylation is 1. The summed E-state index contributed by atoms with van der Waals surface area (Å²) in [5.41, 5.74) is 1.02. The average Bonchev–Trinajstić information content (AvgIpc) is 2.25. The molecule has 0 heterocycles. The first-order chi connectivity index (χ1) is 8.50. The normalized spacial score (nSPS) is 12.5. The molecule has 0 radical (unpaired) electrons. The van der Waals surface area contributed by atoms with Crippen LogP contribution in [0.1, 0.15) is 18.9 Å². The molecule has 102 valence electrons. The molecule has 1 aromatic rings. The Morgan fingerprint density at radius 3 is 2.83 bits per heavy atom. The van der Waals surface area contributed by atoms with Gasteiger partial charge < -0.3 is 15.2 Å². The van der Waals surface area contributed by atoms with Crippen LogP contribution in [-0.2, 0) is 0 Å². The number of rotatable bonds is 7. The number of nitrogens with one attached hydrogen (secondary N) is 1. The van der Waals surface area contributed by atoms with Gasteiger partial charge in [-0.3, -0.25) is 0 Å². The van der Waals surface area contributed by atoms with Crippen LogP contribution in [0.2, 0.25) is 5.02 Å². The first kappa shape index (κ1) is 15.8. The maximum Gasteiger partial charge on any atom is 0.136 e. The summed E-state index contributed by atoms with van der Waals surface area (Å²) in [7, 11) is 0. The van der Waals surface area contributed by atoms with E-state index in [4.69, 9.17) is 21.4 Å². The molecule has 0 amide bonds. The molecule has 0 aromatic heterocycles. The van der Waals surface area contributed by atoms with Crippen LogP contribution in [0.25, 0.3) is 0 Å². The lowest BCUT2D eigenvalue weighted by Crippen LogP contribution is -2.26. The quantitative estimate of drug-likeness (QED) is 0.752. The van der Waals surface area contributed by atoms with Gasteiger partial charge in [0.25, 0.3) is 0 Å². The van der Waals surface area contributed by atoms with Crippen LogP contribution >= 0.6 is 27.5 Å². The first-order valence-electron chi connectivity index (χ1n) is 5.98. The summed E-state index contributed by atoms with van der Waals surface area (Å²) in [5.74, 6) is 0.843. The van der Waals surface area contributed by atoms with E-state index in [2.05, 4.69) is 21.2 Å². The average molecular weight is 337 g/mol. The van der Waals surface area contributed by atoms with Gasteiger partial charge in [0.2, 0.25) is 0 Å². The third-order valence-electron chi connectivity index (χ3n) is 2.38. The third-order valence-corrected chi connectivity index (χ3v) is 3.19. The minimum atomic E-state index is -0.307. The fourth-order valence-corrected chi connectivity index (χ4v) is 2.63. The van der Waals surface area contributed by atoms with Crippen molar-refractivity contribution in [2.45, 2.75) is 26.4 Å². The fourth-order valence-electron chi connectivity index (χ4n) is 1.55. The van der Waals surface area contributed by atoms with Crippen LogP contribution in [0.5, 0.6) is 5.75 Å². The molecule has 1 rings (SSSR count). The van der Waals surface area contributed by atoms with E-state index in [0.717, 1.165) is 28.8 Å². The van der Waals surface area contributed by atoms with Crippen molar-refractivity contribution in [3.05, 3.63) is 27.2 Å². The molecule has 0 aliphatic heterocycles. The van der Waals surface area contributed by atoms with Crippen molar-refractivity contribution in [1.82, 2.24) is 5.32 Å². The lowest BCUT2D eigenvalue weighted by Gasteiger charge is -2.12. The number of aliphatic hydroxyl groups excluding tert-OH is 1. The highest BCUT2D eigenvalue weighted by atomic mass is 79.9. The summed E-state index contributed by atoms with van der Waals surface area (Å²) < 4.78 is 6.60. The minimum absolute atomic E-state index is 0.307. The second kappa shape index (κ2) is 8.00. The molecular formula is C13H19BrClNO2. The molecule has 3 nitrogen and oxygen atoms in total. The maximum atomic E-state index is 9.07. The van der Waals surface area contributed by atoms with E-state index in [0.29, 0.717) is 18.2 Å². The van der Waals surface area contributed by atoms with Gasteiger partial charge in [-0.2, -0.15) is 0 Å². The molecule has 18 heavy (non-hydrogen) atoms. The minimum Gasteiger partial charge on any atom is -0.492 e. The summed E-state index contributed by atoms with van der Waals surface area (Å²) in [6.07, 6.45) is 0.583. The van der Waals surface area contributed by atoms with Crippen LogP contribution in [-0.4, -0.2) is 30.9 Å². The van der Waals surface area contributed by atoms with Gasteiger partial charge in [-0.05, 0) is 60.4 Å². The Balaban J connectivity index is 2.31. The van der Waals surface area contributed by atoms with Gasteiger partial charge in [0.15, 0.2) is 0 Å². The van der Waals surface area contributed by atoms with Gasteiger partial charge in [0.05, 0.1) is 17.2 Å². The number of aliphatic hydroxyl groups is 1. The molecule has 1 aromatic carbocycles. The van der Waals surface area contributed by atoms with E-state index in [-0.39, 0.29) is 6.10 Å². The molecule has 0 saturated carbocycles. The van der Waals surface area contributed by atoms with E-state index in [1.807, 2.05) is 19.1 Å². The Kier molecular flexibility index (Phi) is 7.00. The molecule has 0 fully saturated rings. The Morgan fingerprint density at radius 2 is 2.22 bits per heavy atom. The molecule has 0 bridgehead atoms. The van der Waals surface area contributed by atoms with Gasteiger partial charge in [0, 0.05) is 11.6 Å². The number of hydrogen-bond donors (Lipinski definition) is 2. The van der Waals surface area contributed by atoms with Crippen molar-refractivity contribution in [2.24, 2.45) is 0 Å². The maximum absolute atomic E-state index is 9.07. The van der Waals surface area contributed by atoms with Crippen LogP contribution < -0.4 is 10.1 Å². The molecule has 0 unspecified atom stereocenters. The van der Waals surface area contributed by atoms with Gasteiger partial charge >= 0.3 is 0 Å². The zero-order chi connectivity index (χ0) is 13.5. The Labute approximate surface area is 122 Å². The second-order valence-electron chi connectivity index (χ2n) is 4.29. The summed E-state index contributed by atoms with van der Waals surface area (Å²) in [6.45, 7) is 5.81. The van der Waals surface area contributed by atoms with Crippen LogP contribution in [0.4, 0.5) is 0 Å². The van der Waals surface area contributed by atoms with Crippen LogP contribution in [0.3, 0.4) is 0 Å². The number of benzene rings is 1. The van der Waals surface area contributed by atoms with Crippen molar-refractivity contribution in [3.63, 3.8) is 0 Å². The SMILES string of the molecule is Cc1cc(Cl)cc(Br)c1OCCCNC[C@@H](C)O. The van der Waals surface area contributed by atoms with E-state index >= 15 is 0 Å². The van der Waals surface area contributed by atoms with Crippen molar-refractivity contribution in [1.29, 1.82) is 0 Å². The monoisotopic (exact) mass is 335 g/mol. The first-order valence-corrected chi connectivity index (χ1v) is 7.15. The fraction of sp³-hybridized carbons (Fsp3) is 0.538. The lowest BCUT2D eigenvalue weighted by molar-refractivity contribution is 0.190. The predicted octanol–water partition coefficient (Wildman–Crippen LogP) is 3.15. The van der Waals surface area contributed by atoms with Crippen molar-refractivity contribution in [2.75, 3.05) is 19.7 Å². The topological polar surface area (TPSA) is 41.5 Å². The third kappa shape index (κ3) is 5.57. The lowest BCUT2D eigenvalue weighted by atomic mass is 10.2. The Bertz CT molecular complexity index is 362. The van der Waals surface area contributed by atoms with Crippen molar-refractivity contribution in [3.8, 4) is 5.75 Å². The molecule has 0 aliphatic carbocycles. The highest BCUT2D eigenvalue weighted by Gasteiger charge is 2.06. The molecule has 0 saturated heterocycles. The molecule has 1 atom stereocenters. The summed E-state index contributed by atoms with van der Waals surface area (Å²) >= 11 is 9.38. The van der Waals surface area contributed by atoms with E-state index in [1.165, 1.54) is 0 Å². The molecule has 0 spiro atoms. The molecule has 0 aliphatic rings. The number of hydrogen-bond acceptors (Lipinski definition) is 3. The molecular weight excluding hydrogens is 318 g/mol. The summed E-state index contributed by atoms with van der Waals surface area (Å²) in [4.78, 5) is 0. The zero-order valence-electron chi connectivity index (χ0n) is 10.7. The largest absolute Gasteiger partial charge is 0.492 e. The highest BCUT2D eigenvalue weighted by molar-refractivity contribution is 9.10. The Hall–Kier alpha value is -0.290. The standard InChI is InChI=1S/C13H19BrClNO2/c1-9-6-11(15)7-12(14)13(9)18-5-3-4-16-8-10(2)17/h6-7,10,16-17H,3-5,8H2,1-2H3/t10-/m1/s1. The van der Waals surface area contributed by atoms with Crippen molar-refractivity contribution >= 4 is 27.5 Å². The van der Waals surface area contributed by atoms with Gasteiger partial charge in [-0.1, -0.05) is 11.6 Å². The van der Waals surface area contributed by atoms with Crippen LogP contribution in [0.15, 0.2) is 16.6 Å². The van der Waals surface area contributed by atoms with E-state index in [9.17, 15) is 0 Å². The number of ether oxygens (including phenoxy) is 1. The molecule has 5 heteroatoms. The molecule has 2 N–H and O–H groups in total. The predicted molar refractivity (Wildman–Crippen MR) is 78.6 cm³/mol. The van der Waals surface area contributed by atoms with Crippen molar-refractivity contribution < 1.29 is 9.84 Å². The summed E-state index contributed by atoms with van der Waals surface area (Å²) in [5, 5.41) is 12.9. The summed E-state index contributed by atoms with van der Waals surface area (Å²) in [6, 6.07) is 3.71. The zero-order valence-corrected chi connectivity index (χ0v) is 13.0. The second-order valence-corrected chi connectivity index (χ2v) is 5.58. The van der Waals surface area contributed by atoms with Gasteiger partial charge in [-0.25, -0.2) is 0 Å². The van der Waals surface area contributed by atoms with Gasteiger partial charge in [-0.15, -0.1) is 0 Å². The highest BCUT2D eigenvalue weighted by Crippen LogP contribution is 2.32. The Morgan fingerprint density at radius 1 is 1.50 bits per heavy atom. The van der Waals surface area contributed by atoms with E-state index < -0.39 is 0 Å². The van der Waals surface area contributed by atoms with Gasteiger partial charge in [0.1, 0.15) is 5.75 Å². The smallest absolute Gasteiger partial charge is 0.136 e. The van der Waals surface area contributed by atoms with E-state index in [1.54, 1.807) is 6.92 Å². The van der Waals surface area contributed by atoms with Crippen LogP contribution in [0, 0.1) is 6.92 Å².